The fourth-order valence-electron chi connectivity index (χ4n) is 1.95. The van der Waals surface area contributed by atoms with Crippen molar-refractivity contribution in [2.75, 3.05) is 0 Å². The molecule has 0 heterocycles. The summed E-state index contributed by atoms with van der Waals surface area (Å²) in [6.45, 7) is 0. The topological polar surface area (TPSA) is 0 Å². The molecular weight excluding hydrogens is 1640 g/mol. The van der Waals surface area contributed by atoms with Crippen LogP contribution in [0.5, 0.6) is 0 Å². The van der Waals surface area contributed by atoms with E-state index in [9.17, 15) is 0 Å². The van der Waals surface area contributed by atoms with Gasteiger partial charge in [-0.05, 0) is 0 Å². The van der Waals surface area contributed by atoms with Crippen LogP contribution < -0.4 is 0 Å². The molecule has 1 saturated carbocycles. The molecule has 0 N–H and O–H groups in total. The molecule has 1 aliphatic rings. The molecule has 1 rings (SSSR count). The first-order valence-electron chi connectivity index (χ1n) is 6.20. The minimum absolute atomic E-state index is 0.367. The molecule has 29 heavy (non-hydrogen) atoms. The zero-order chi connectivity index (χ0) is 24.1. The molecule has 0 aromatic rings. The van der Waals surface area contributed by atoms with Gasteiger partial charge in [0, 0.05) is 0 Å². The highest BCUT2D eigenvalue weighted by Gasteiger charge is 2.82. The molecule has 0 amide bonds. The molecule has 1 aliphatic carbocycles. The maximum absolute atomic E-state index is 3.88. The molecule has 0 saturated heterocycles. The van der Waals surface area contributed by atoms with Gasteiger partial charge in [0.1, 0.15) is 29.1 Å². The van der Waals surface area contributed by atoms with E-state index in [1.165, 1.54) is 0 Å². The number of hydrogen-bond donors (Lipinski definition) is 0. The van der Waals surface area contributed by atoms with Crippen molar-refractivity contribution in [1.29, 1.82) is 0 Å². The second-order valence-corrected chi connectivity index (χ2v) is 37.8. The molecule has 0 aromatic carbocycles. The Hall–Kier alpha value is 9.12. The Morgan fingerprint density at radius 2 is 0.414 bits per heavy atom. The molecule has 19 heteroatoms. The Kier molecular flexibility index (Phi) is 13.8. The number of hydrogen-bond acceptors (Lipinski definition) is 0. The molecule has 0 bridgehead atoms. The summed E-state index contributed by atoms with van der Waals surface area (Å²) in [7, 11) is 0. The summed E-state index contributed by atoms with van der Waals surface area (Å²) >= 11 is 73.6. The Labute approximate surface area is 329 Å². The predicted molar refractivity (Wildman–Crippen MR) is 198 cm³/mol. The molecule has 0 aromatic heterocycles. The first-order chi connectivity index (χ1) is 12.2. The summed E-state index contributed by atoms with van der Waals surface area (Å²) in [5.41, 5.74) is 0. The van der Waals surface area contributed by atoms with E-state index in [1.54, 1.807) is 0 Å². The number of rotatable bonds is 0. The number of alkyl halides is 19. The van der Waals surface area contributed by atoms with Gasteiger partial charge in [0.25, 0.3) is 0 Å². The van der Waals surface area contributed by atoms with E-state index in [4.69, 9.17) is 0 Å². The van der Waals surface area contributed by atoms with Gasteiger partial charge in [-0.25, -0.2) is 0 Å². The van der Waals surface area contributed by atoms with Gasteiger partial charge in [-0.3, -0.25) is 0 Å². The van der Waals surface area contributed by atoms with Crippen LogP contribution in [0.1, 0.15) is 0 Å². The lowest BCUT2D eigenvalue weighted by Gasteiger charge is -2.62. The van der Waals surface area contributed by atoms with Crippen LogP contribution >= 0.6 is 303 Å². The van der Waals surface area contributed by atoms with Gasteiger partial charge >= 0.3 is 0 Å². The van der Waals surface area contributed by atoms with E-state index in [0.29, 0.717) is 0 Å². The van der Waals surface area contributed by atoms with Gasteiger partial charge in [-0.15, -0.1) is 0 Å². The van der Waals surface area contributed by atoms with E-state index in [-0.39, 0.29) is 4.83 Å². The standard InChI is InChI=1S/C10HBr19/c11-1-2(12,13)4(16,17)6(20,21)8(24,25)10(28,29)9(26,27)7(22,23)5(18,19)3(1,14)15/h1H. The van der Waals surface area contributed by atoms with Crippen LogP contribution in [0.25, 0.3) is 0 Å². The summed E-state index contributed by atoms with van der Waals surface area (Å²) in [4.78, 5) is -0.367. The van der Waals surface area contributed by atoms with E-state index in [2.05, 4.69) is 303 Å². The van der Waals surface area contributed by atoms with Crippen molar-refractivity contribution in [1.82, 2.24) is 0 Å². The Morgan fingerprint density at radius 1 is 0.276 bits per heavy atom. The lowest BCUT2D eigenvalue weighted by Crippen LogP contribution is -2.74. The first kappa shape index (κ1) is 36.1. The molecule has 0 nitrogen and oxygen atoms in total. The van der Waals surface area contributed by atoms with E-state index >= 15 is 0 Å². The average molecular weight is 1640 g/mol. The first-order valence-corrected chi connectivity index (χ1v) is 21.4. The van der Waals surface area contributed by atoms with Crippen LogP contribution in [-0.2, 0) is 0 Å². The Bertz CT molecular complexity index is 602. The molecule has 0 atom stereocenters. The molecule has 174 valence electrons. The van der Waals surface area contributed by atoms with Crippen LogP contribution in [-0.4, -0.2) is 33.9 Å². The van der Waals surface area contributed by atoms with Crippen molar-refractivity contribution in [2.45, 2.75) is 33.9 Å². The van der Waals surface area contributed by atoms with Crippen LogP contribution in [0.4, 0.5) is 0 Å². The largest absolute Gasteiger partial charge is 0.135 e. The number of halogens is 19. The molecule has 0 unspecified atom stereocenters. The molecule has 0 radical (unpaired) electrons. The molecular formula is C10HBr19. The van der Waals surface area contributed by atoms with E-state index in [0.717, 1.165) is 0 Å². The average Bonchev–Trinajstić information content (AvgIpc) is 2.51. The third-order valence-electron chi connectivity index (χ3n) is 3.84. The minimum atomic E-state index is -0.981. The highest BCUT2D eigenvalue weighted by Crippen LogP contribution is 2.81. The van der Waals surface area contributed by atoms with Crippen LogP contribution in [0, 0.1) is 0 Å². The quantitative estimate of drug-likeness (QED) is 0.212. The van der Waals surface area contributed by atoms with Crippen molar-refractivity contribution in [3.05, 3.63) is 0 Å². The molecule has 1 fully saturated rings. The Balaban J connectivity index is 4.23. The van der Waals surface area contributed by atoms with Crippen molar-refractivity contribution >= 4 is 303 Å². The van der Waals surface area contributed by atoms with E-state index < -0.39 is 29.1 Å². The summed E-state index contributed by atoms with van der Waals surface area (Å²) in [6, 6.07) is 0. The van der Waals surface area contributed by atoms with Gasteiger partial charge in [-0.2, -0.15) is 0 Å². The van der Waals surface area contributed by atoms with Gasteiger partial charge in [0.2, 0.25) is 0 Å². The lowest BCUT2D eigenvalue weighted by atomic mass is 9.98. The van der Waals surface area contributed by atoms with Gasteiger partial charge in [-0.1, -0.05) is 303 Å². The van der Waals surface area contributed by atoms with Crippen molar-refractivity contribution < 1.29 is 0 Å². The fraction of sp³-hybridized carbons (Fsp3) is 1.00. The zero-order valence-electron chi connectivity index (χ0n) is 12.3. The van der Waals surface area contributed by atoms with Crippen molar-refractivity contribution in [3.63, 3.8) is 0 Å². The second-order valence-electron chi connectivity index (χ2n) is 5.63. The van der Waals surface area contributed by atoms with Gasteiger partial charge in [0.05, 0.1) is 4.83 Å². The Morgan fingerprint density at radius 3 is 0.586 bits per heavy atom. The molecule has 0 aliphatic heterocycles. The maximum Gasteiger partial charge on any atom is 0.135 e. The fourth-order valence-corrected chi connectivity index (χ4v) is 23.2. The van der Waals surface area contributed by atoms with Crippen LogP contribution in [0.3, 0.4) is 0 Å². The van der Waals surface area contributed by atoms with Crippen LogP contribution in [0.2, 0.25) is 0 Å². The van der Waals surface area contributed by atoms with Gasteiger partial charge < -0.3 is 0 Å². The highest BCUT2D eigenvalue weighted by molar-refractivity contribution is 9.38. The molecule has 0 spiro atoms. The van der Waals surface area contributed by atoms with Crippen molar-refractivity contribution in [3.8, 4) is 0 Å². The normalized spacial score (nSPS) is 33.6. The summed E-state index contributed by atoms with van der Waals surface area (Å²) in [5.74, 6) is 0. The SMILES string of the molecule is BrC1C(Br)(Br)C(Br)(Br)C(Br)(Br)C(Br)(Br)C(Br)(Br)C(Br)(Br)C(Br)(Br)C(Br)(Br)C1(Br)Br. The van der Waals surface area contributed by atoms with Gasteiger partial charge in [0.15, 0.2) is 0 Å². The minimum Gasteiger partial charge on any atom is -0.0839 e. The third-order valence-corrected chi connectivity index (χ3v) is 45.7. The van der Waals surface area contributed by atoms with E-state index in [1.807, 2.05) is 0 Å². The third kappa shape index (κ3) is 5.28. The lowest BCUT2D eigenvalue weighted by molar-refractivity contribution is 0.506. The smallest absolute Gasteiger partial charge is 0.0839 e. The monoisotopic (exact) mass is 1620 g/mol. The summed E-state index contributed by atoms with van der Waals surface area (Å²) in [5, 5.41) is 0. The van der Waals surface area contributed by atoms with Crippen LogP contribution in [0.15, 0.2) is 0 Å². The second kappa shape index (κ2) is 11.1. The van der Waals surface area contributed by atoms with Crippen molar-refractivity contribution in [2.24, 2.45) is 0 Å². The summed E-state index contributed by atoms with van der Waals surface area (Å²) in [6.07, 6.45) is 0. The zero-order valence-corrected chi connectivity index (χ0v) is 42.4. The maximum atomic E-state index is 3.88. The highest BCUT2D eigenvalue weighted by atomic mass is 80.0. The predicted octanol–water partition coefficient (Wildman–Crippen LogP) is 14.1. The summed E-state index contributed by atoms with van der Waals surface area (Å²) < 4.78 is -8.41.